The molecule has 0 fully saturated rings. The normalized spacial score (nSPS) is 13.3. The molecule has 2 atom stereocenters. The van der Waals surface area contributed by atoms with Crippen molar-refractivity contribution in [2.24, 2.45) is 5.92 Å². The van der Waals surface area contributed by atoms with Gasteiger partial charge in [0.1, 0.15) is 6.04 Å². The van der Waals surface area contributed by atoms with Crippen molar-refractivity contribution in [2.75, 3.05) is 0 Å². The molecule has 1 amide bonds. The minimum atomic E-state index is -1.17. The summed E-state index contributed by atoms with van der Waals surface area (Å²) in [5, 5.41) is 22.5. The van der Waals surface area contributed by atoms with Gasteiger partial charge in [0, 0.05) is 11.1 Å². The van der Waals surface area contributed by atoms with E-state index in [1.165, 1.54) is 19.1 Å². The lowest BCUT2D eigenvalue weighted by Gasteiger charge is -2.21. The summed E-state index contributed by atoms with van der Waals surface area (Å²) in [6.07, 6.45) is -1.12. The summed E-state index contributed by atoms with van der Waals surface area (Å²) < 4.78 is 5.28. The molecule has 0 saturated carbocycles. The number of aliphatic carboxylic acids is 1. The maximum absolute atomic E-state index is 12.0. The van der Waals surface area contributed by atoms with Gasteiger partial charge in [-0.25, -0.2) is 4.79 Å². The van der Waals surface area contributed by atoms with Gasteiger partial charge in [-0.15, -0.1) is 0 Å². The van der Waals surface area contributed by atoms with E-state index >= 15 is 0 Å². The van der Waals surface area contributed by atoms with Gasteiger partial charge in [-0.1, -0.05) is 25.4 Å². The molecule has 8 nitrogen and oxygen atoms in total. The van der Waals surface area contributed by atoms with E-state index in [4.69, 9.17) is 21.4 Å². The fourth-order valence-corrected chi connectivity index (χ4v) is 1.93. The summed E-state index contributed by atoms with van der Waals surface area (Å²) in [5.74, 6) is -2.31. The Morgan fingerprint density at radius 2 is 1.96 bits per heavy atom. The van der Waals surface area contributed by atoms with Crippen LogP contribution in [-0.2, 0) is 9.59 Å². The van der Waals surface area contributed by atoms with Gasteiger partial charge in [0.05, 0.1) is 4.92 Å². The third kappa shape index (κ3) is 5.10. The number of hydrogen-bond acceptors (Lipinski definition) is 5. The standard InChI is InChI=1S/C14H17ClN2O6/c1-7(2)12(14(19)20)16-13(18)8(3)23-11-5-4-9(15)6-10(11)17(21)22/h4-8,12H,1-3H3,(H,16,18)(H,19,20)/t8?,12-/m1/s1. The van der Waals surface area contributed by atoms with Gasteiger partial charge in [0.25, 0.3) is 5.91 Å². The summed E-state index contributed by atoms with van der Waals surface area (Å²) in [5.41, 5.74) is -0.379. The number of nitro groups is 1. The number of nitro benzene ring substituents is 1. The zero-order valence-electron chi connectivity index (χ0n) is 12.8. The highest BCUT2D eigenvalue weighted by Gasteiger charge is 2.27. The van der Waals surface area contributed by atoms with Crippen molar-refractivity contribution in [1.29, 1.82) is 0 Å². The van der Waals surface area contributed by atoms with Crippen LogP contribution in [0.3, 0.4) is 0 Å². The molecule has 0 aliphatic rings. The average Bonchev–Trinajstić information content (AvgIpc) is 2.45. The van der Waals surface area contributed by atoms with Crippen molar-refractivity contribution in [3.8, 4) is 5.75 Å². The van der Waals surface area contributed by atoms with Crippen LogP contribution in [0.2, 0.25) is 5.02 Å². The first-order chi connectivity index (χ1) is 10.6. The van der Waals surface area contributed by atoms with Crippen molar-refractivity contribution in [1.82, 2.24) is 5.32 Å². The van der Waals surface area contributed by atoms with Crippen molar-refractivity contribution < 1.29 is 24.4 Å². The van der Waals surface area contributed by atoms with E-state index in [2.05, 4.69) is 5.32 Å². The number of halogens is 1. The van der Waals surface area contributed by atoms with Crippen LogP contribution in [-0.4, -0.2) is 34.1 Å². The lowest BCUT2D eigenvalue weighted by Crippen LogP contribution is -2.48. The van der Waals surface area contributed by atoms with E-state index in [0.717, 1.165) is 6.07 Å². The number of nitrogens with one attached hydrogen (secondary N) is 1. The summed E-state index contributed by atoms with van der Waals surface area (Å²) >= 11 is 5.69. The minimum Gasteiger partial charge on any atom is -0.480 e. The number of rotatable bonds is 7. The van der Waals surface area contributed by atoms with Gasteiger partial charge in [-0.05, 0) is 25.0 Å². The molecule has 2 N–H and O–H groups in total. The molecule has 1 aromatic carbocycles. The van der Waals surface area contributed by atoms with E-state index in [1.54, 1.807) is 13.8 Å². The number of carboxylic acid groups (broad SMARTS) is 1. The Morgan fingerprint density at radius 3 is 2.43 bits per heavy atom. The van der Waals surface area contributed by atoms with Gasteiger partial charge in [0.15, 0.2) is 11.9 Å². The molecule has 0 aliphatic heterocycles. The van der Waals surface area contributed by atoms with Crippen LogP contribution < -0.4 is 10.1 Å². The Hall–Kier alpha value is -2.35. The maximum Gasteiger partial charge on any atom is 0.326 e. The van der Waals surface area contributed by atoms with Crippen molar-refractivity contribution in [2.45, 2.75) is 32.9 Å². The molecular weight excluding hydrogens is 328 g/mol. The number of nitrogens with zero attached hydrogens (tertiary/aromatic N) is 1. The quantitative estimate of drug-likeness (QED) is 0.578. The molecule has 1 rings (SSSR count). The fourth-order valence-electron chi connectivity index (χ4n) is 1.76. The highest BCUT2D eigenvalue weighted by Crippen LogP contribution is 2.30. The van der Waals surface area contributed by atoms with E-state index in [9.17, 15) is 19.7 Å². The summed E-state index contributed by atoms with van der Waals surface area (Å²) in [4.78, 5) is 33.4. The second-order valence-corrected chi connectivity index (χ2v) is 5.63. The zero-order valence-corrected chi connectivity index (χ0v) is 13.5. The molecule has 0 radical (unpaired) electrons. The molecule has 1 aromatic rings. The monoisotopic (exact) mass is 344 g/mol. The molecule has 0 aromatic heterocycles. The number of benzene rings is 1. The van der Waals surface area contributed by atoms with Crippen molar-refractivity contribution in [3.63, 3.8) is 0 Å². The molecule has 0 saturated heterocycles. The predicted octanol–water partition coefficient (Wildman–Crippen LogP) is 2.24. The van der Waals surface area contributed by atoms with Gasteiger partial charge in [0.2, 0.25) is 0 Å². The zero-order chi connectivity index (χ0) is 17.7. The van der Waals surface area contributed by atoms with Crippen LogP contribution in [0.1, 0.15) is 20.8 Å². The lowest BCUT2D eigenvalue weighted by atomic mass is 10.0. The Morgan fingerprint density at radius 1 is 1.35 bits per heavy atom. The Kier molecular flexibility index (Phi) is 6.32. The first kappa shape index (κ1) is 18.7. The number of ether oxygens (including phenoxy) is 1. The topological polar surface area (TPSA) is 119 Å². The predicted molar refractivity (Wildman–Crippen MR) is 82.6 cm³/mol. The lowest BCUT2D eigenvalue weighted by molar-refractivity contribution is -0.386. The average molecular weight is 345 g/mol. The molecule has 0 aliphatic carbocycles. The summed E-state index contributed by atoms with van der Waals surface area (Å²) in [7, 11) is 0. The van der Waals surface area contributed by atoms with E-state index in [0.29, 0.717) is 0 Å². The second-order valence-electron chi connectivity index (χ2n) is 5.20. The first-order valence-electron chi connectivity index (χ1n) is 6.77. The van der Waals surface area contributed by atoms with Crippen LogP contribution >= 0.6 is 11.6 Å². The number of carbonyl (C=O) groups is 2. The van der Waals surface area contributed by atoms with Crippen LogP contribution in [0.4, 0.5) is 5.69 Å². The molecule has 0 bridgehead atoms. The molecule has 0 heterocycles. The largest absolute Gasteiger partial charge is 0.480 e. The van der Waals surface area contributed by atoms with Crippen LogP contribution in [0.25, 0.3) is 0 Å². The third-order valence-electron chi connectivity index (χ3n) is 3.02. The maximum atomic E-state index is 12.0. The smallest absolute Gasteiger partial charge is 0.326 e. The summed E-state index contributed by atoms with van der Waals surface area (Å²) in [6, 6.07) is 2.70. The van der Waals surface area contributed by atoms with Crippen LogP contribution in [0.5, 0.6) is 5.75 Å². The molecule has 1 unspecified atom stereocenters. The highest BCUT2D eigenvalue weighted by molar-refractivity contribution is 6.30. The number of carbonyl (C=O) groups excluding carboxylic acids is 1. The number of carboxylic acids is 1. The van der Waals surface area contributed by atoms with E-state index in [-0.39, 0.29) is 22.4 Å². The molecule has 126 valence electrons. The minimum absolute atomic E-state index is 0.126. The van der Waals surface area contributed by atoms with Gasteiger partial charge < -0.3 is 15.2 Å². The van der Waals surface area contributed by atoms with E-state index in [1.807, 2.05) is 0 Å². The van der Waals surface area contributed by atoms with Crippen molar-refractivity contribution >= 4 is 29.2 Å². The molecular formula is C14H17ClN2O6. The summed E-state index contributed by atoms with van der Waals surface area (Å²) in [6.45, 7) is 4.66. The molecule has 0 spiro atoms. The Balaban J connectivity index is 2.87. The number of amides is 1. The van der Waals surface area contributed by atoms with Crippen molar-refractivity contribution in [3.05, 3.63) is 33.3 Å². The first-order valence-corrected chi connectivity index (χ1v) is 7.15. The molecule has 9 heteroatoms. The van der Waals surface area contributed by atoms with Crippen LogP contribution in [0.15, 0.2) is 18.2 Å². The van der Waals surface area contributed by atoms with Gasteiger partial charge in [-0.3, -0.25) is 14.9 Å². The number of hydrogen-bond donors (Lipinski definition) is 2. The van der Waals surface area contributed by atoms with E-state index < -0.39 is 28.9 Å². The Bertz CT molecular complexity index is 619. The highest BCUT2D eigenvalue weighted by atomic mass is 35.5. The second kappa shape index (κ2) is 7.77. The molecule has 23 heavy (non-hydrogen) atoms. The van der Waals surface area contributed by atoms with Gasteiger partial charge in [-0.2, -0.15) is 0 Å². The fraction of sp³-hybridized carbons (Fsp3) is 0.429. The third-order valence-corrected chi connectivity index (χ3v) is 3.26. The van der Waals surface area contributed by atoms with Crippen LogP contribution in [0, 0.1) is 16.0 Å². The SMILES string of the molecule is CC(Oc1ccc(Cl)cc1[N+](=O)[O-])C(=O)N[C@@H](C(=O)O)C(C)C. The van der Waals surface area contributed by atoms with Gasteiger partial charge >= 0.3 is 11.7 Å². The Labute approximate surface area is 137 Å².